The van der Waals surface area contributed by atoms with Crippen molar-refractivity contribution in [2.24, 2.45) is 0 Å². The van der Waals surface area contributed by atoms with Gasteiger partial charge in [-0.15, -0.1) is 0 Å². The smallest absolute Gasteiger partial charge is 0.327 e. The van der Waals surface area contributed by atoms with Gasteiger partial charge >= 0.3 is 5.97 Å². The number of benzene rings is 1. The van der Waals surface area contributed by atoms with Crippen molar-refractivity contribution in [1.29, 1.82) is 0 Å². The van der Waals surface area contributed by atoms with E-state index in [-0.39, 0.29) is 23.0 Å². The van der Waals surface area contributed by atoms with Crippen LogP contribution in [0.1, 0.15) is 16.1 Å². The molecule has 2 heterocycles. The van der Waals surface area contributed by atoms with Crippen LogP contribution in [0.15, 0.2) is 30.5 Å². The second-order valence-corrected chi connectivity index (χ2v) is 8.51. The van der Waals surface area contributed by atoms with Crippen LogP contribution in [0, 0.1) is 0 Å². The van der Waals surface area contributed by atoms with Gasteiger partial charge in [0.15, 0.2) is 17.0 Å². The largest absolute Gasteiger partial charge is 0.480 e. The predicted octanol–water partition coefficient (Wildman–Crippen LogP) is -0.709. The average molecular weight is 476 g/mol. The van der Waals surface area contributed by atoms with Crippen molar-refractivity contribution in [3.8, 4) is 0 Å². The summed E-state index contributed by atoms with van der Waals surface area (Å²) < 4.78 is 30.7. The number of carbonyl (C=O) groups excluding carboxylic acids is 1. The predicted molar refractivity (Wildman–Crippen MR) is 118 cm³/mol. The van der Waals surface area contributed by atoms with Crippen LogP contribution in [0.4, 0.5) is 17.5 Å². The maximum atomic E-state index is 12.3. The van der Waals surface area contributed by atoms with E-state index in [1.165, 1.54) is 18.3 Å². The maximum absolute atomic E-state index is 12.3. The molecule has 1 aromatic carbocycles. The highest BCUT2D eigenvalue weighted by molar-refractivity contribution is 7.85. The number of amides is 1. The fourth-order valence-electron chi connectivity index (χ4n) is 2.89. The Morgan fingerprint density at radius 2 is 1.82 bits per heavy atom. The minimum absolute atomic E-state index is 0.00375. The Morgan fingerprint density at radius 1 is 1.15 bits per heavy atom. The number of carboxylic acids is 1. The molecule has 0 aliphatic carbocycles. The van der Waals surface area contributed by atoms with Gasteiger partial charge in [-0.2, -0.15) is 18.4 Å². The van der Waals surface area contributed by atoms with Crippen LogP contribution in [0.5, 0.6) is 0 Å². The van der Waals surface area contributed by atoms with E-state index in [0.717, 1.165) is 0 Å². The van der Waals surface area contributed by atoms with E-state index in [0.29, 0.717) is 23.4 Å². The summed E-state index contributed by atoms with van der Waals surface area (Å²) in [6.45, 7) is 0.327. The Morgan fingerprint density at radius 3 is 2.42 bits per heavy atom. The summed E-state index contributed by atoms with van der Waals surface area (Å²) in [4.78, 5) is 41.7. The number of anilines is 3. The third-order valence-electron chi connectivity index (χ3n) is 4.45. The van der Waals surface area contributed by atoms with E-state index in [1.807, 2.05) is 4.90 Å². The summed E-state index contributed by atoms with van der Waals surface area (Å²) in [5.74, 6) is -3.45. The van der Waals surface area contributed by atoms with Crippen molar-refractivity contribution in [2.75, 3.05) is 29.2 Å². The van der Waals surface area contributed by atoms with Gasteiger partial charge in [0.05, 0.1) is 18.4 Å². The van der Waals surface area contributed by atoms with Crippen molar-refractivity contribution in [1.82, 2.24) is 25.3 Å². The first-order chi connectivity index (χ1) is 15.4. The van der Waals surface area contributed by atoms with Crippen LogP contribution in [0.25, 0.3) is 11.2 Å². The van der Waals surface area contributed by atoms with Gasteiger partial charge in [-0.1, -0.05) is 0 Å². The number of nitrogens with zero attached hydrogens (tertiary/aromatic N) is 5. The molecule has 3 aromatic rings. The number of nitrogen functional groups attached to an aromatic ring is 2. The van der Waals surface area contributed by atoms with Crippen LogP contribution >= 0.6 is 0 Å². The first kappa shape index (κ1) is 23.6. The quantitative estimate of drug-likeness (QED) is 0.253. The molecule has 0 aliphatic heterocycles. The van der Waals surface area contributed by atoms with Gasteiger partial charge in [-0.25, -0.2) is 14.8 Å². The molecular weight excluding hydrogens is 456 g/mol. The molecule has 1 amide bonds. The van der Waals surface area contributed by atoms with E-state index in [4.69, 9.17) is 21.1 Å². The van der Waals surface area contributed by atoms with Crippen molar-refractivity contribution < 1.29 is 27.7 Å². The molecule has 0 fully saturated rings. The highest BCUT2D eigenvalue weighted by atomic mass is 32.2. The van der Waals surface area contributed by atoms with E-state index in [2.05, 4.69) is 25.3 Å². The molecule has 1 unspecified atom stereocenters. The molecule has 0 bridgehead atoms. The second kappa shape index (κ2) is 9.17. The molecule has 15 heteroatoms. The summed E-state index contributed by atoms with van der Waals surface area (Å²) in [5, 5.41) is 11.1. The van der Waals surface area contributed by atoms with Crippen molar-refractivity contribution in [3.05, 3.63) is 41.7 Å². The number of aliphatic carboxylic acids is 1. The summed E-state index contributed by atoms with van der Waals surface area (Å²) in [5.41, 5.74) is 13.3. The second-order valence-electron chi connectivity index (χ2n) is 7.02. The zero-order valence-electron chi connectivity index (χ0n) is 17.2. The molecule has 33 heavy (non-hydrogen) atoms. The Bertz CT molecular complexity index is 1320. The van der Waals surface area contributed by atoms with Gasteiger partial charge in [0.1, 0.15) is 11.8 Å². The Kier molecular flexibility index (Phi) is 6.55. The number of nitrogens with one attached hydrogen (secondary N) is 1. The number of carboxylic acid groups (broad SMARTS) is 1. The minimum atomic E-state index is -4.60. The Hall–Kier alpha value is -4.11. The third kappa shape index (κ3) is 5.98. The van der Waals surface area contributed by atoms with Gasteiger partial charge in [0.2, 0.25) is 5.95 Å². The Balaban J connectivity index is 1.71. The third-order valence-corrected chi connectivity index (χ3v) is 5.21. The molecule has 1 atom stereocenters. The van der Waals surface area contributed by atoms with Gasteiger partial charge < -0.3 is 26.8 Å². The average Bonchev–Trinajstić information content (AvgIpc) is 2.72. The first-order valence-corrected chi connectivity index (χ1v) is 10.9. The van der Waals surface area contributed by atoms with Crippen molar-refractivity contribution in [3.63, 3.8) is 0 Å². The van der Waals surface area contributed by atoms with Crippen LogP contribution in [-0.4, -0.2) is 68.7 Å². The molecule has 2 aromatic heterocycles. The fraction of sp³-hybridized carbons (Fsp3) is 0.222. The topological polar surface area (TPSA) is 228 Å². The van der Waals surface area contributed by atoms with E-state index in [9.17, 15) is 18.0 Å². The van der Waals surface area contributed by atoms with Gasteiger partial charge in [-0.3, -0.25) is 9.35 Å². The van der Waals surface area contributed by atoms with Crippen molar-refractivity contribution in [2.45, 2.75) is 12.6 Å². The summed E-state index contributed by atoms with van der Waals surface area (Å²) in [6.07, 6.45) is 1.52. The number of nitrogens with two attached hydrogens (primary N) is 2. The zero-order chi connectivity index (χ0) is 24.3. The van der Waals surface area contributed by atoms with Crippen molar-refractivity contribution >= 4 is 50.6 Å². The SMILES string of the molecule is CN(Cc1cnc2nc(N)nc(N)c2n1)c1ccc(C(=O)NC(CS(=O)(=O)O)C(=O)O)cc1. The lowest BCUT2D eigenvalue weighted by molar-refractivity contribution is -0.138. The monoisotopic (exact) mass is 476 g/mol. The lowest BCUT2D eigenvalue weighted by Crippen LogP contribution is -2.45. The van der Waals surface area contributed by atoms with E-state index in [1.54, 1.807) is 19.2 Å². The molecular formula is C18H20N8O6S. The maximum Gasteiger partial charge on any atom is 0.327 e. The summed E-state index contributed by atoms with van der Waals surface area (Å²) >= 11 is 0. The molecule has 0 saturated heterocycles. The normalized spacial score (nSPS) is 12.3. The number of fused-ring (bicyclic) bond motifs is 1. The number of rotatable bonds is 8. The number of hydrogen-bond donors (Lipinski definition) is 5. The zero-order valence-corrected chi connectivity index (χ0v) is 18.0. The van der Waals surface area contributed by atoms with E-state index >= 15 is 0 Å². The molecule has 3 rings (SSSR count). The number of carbonyl (C=O) groups is 2. The fourth-order valence-corrected chi connectivity index (χ4v) is 3.53. The molecule has 0 saturated carbocycles. The van der Waals surface area contributed by atoms with E-state index < -0.39 is 33.8 Å². The standard InChI is InChI=1S/C18H20N8O6S/c1-26(7-10-6-21-15-13(22-10)14(19)24-18(20)25-15)11-4-2-9(3-5-11)16(27)23-12(17(28)29)8-33(30,31)32/h2-6,12H,7-8H2,1H3,(H,23,27)(H,28,29)(H,30,31,32)(H4,19,20,21,24,25). The van der Waals surface area contributed by atoms with Crippen LogP contribution in [0.2, 0.25) is 0 Å². The highest BCUT2D eigenvalue weighted by Crippen LogP contribution is 2.18. The molecule has 7 N–H and O–H groups in total. The lowest BCUT2D eigenvalue weighted by Gasteiger charge is -2.19. The lowest BCUT2D eigenvalue weighted by atomic mass is 10.1. The molecule has 174 valence electrons. The highest BCUT2D eigenvalue weighted by Gasteiger charge is 2.26. The number of hydrogen-bond acceptors (Lipinski definition) is 11. The van der Waals surface area contributed by atoms with Gasteiger partial charge in [0, 0.05) is 18.3 Å². The number of aromatic nitrogens is 4. The van der Waals surface area contributed by atoms with Crippen LogP contribution < -0.4 is 21.7 Å². The first-order valence-electron chi connectivity index (χ1n) is 9.27. The molecule has 14 nitrogen and oxygen atoms in total. The molecule has 0 spiro atoms. The minimum Gasteiger partial charge on any atom is -0.480 e. The summed E-state index contributed by atoms with van der Waals surface area (Å²) in [7, 11) is -2.82. The molecule has 0 aliphatic rings. The summed E-state index contributed by atoms with van der Waals surface area (Å²) in [6, 6.07) is 4.30. The van der Waals surface area contributed by atoms with Gasteiger partial charge in [0.25, 0.3) is 16.0 Å². The van der Waals surface area contributed by atoms with Gasteiger partial charge in [-0.05, 0) is 24.3 Å². The molecule has 0 radical (unpaired) electrons. The van der Waals surface area contributed by atoms with Crippen LogP contribution in [-0.2, 0) is 21.5 Å². The van der Waals surface area contributed by atoms with Crippen LogP contribution in [0.3, 0.4) is 0 Å². The Labute approximate surface area is 187 Å².